The molecule has 0 bridgehead atoms. The Morgan fingerprint density at radius 2 is 1.88 bits per heavy atom. The van der Waals surface area contributed by atoms with Crippen LogP contribution in [0.15, 0.2) is 47.6 Å². The van der Waals surface area contributed by atoms with Gasteiger partial charge in [-0.25, -0.2) is 4.39 Å². The van der Waals surface area contributed by atoms with Gasteiger partial charge in [-0.05, 0) is 37.3 Å². The fourth-order valence-corrected chi connectivity index (χ4v) is 3.78. The molecule has 172 valence electrons. The number of non-ortho nitro benzene ring substituents is 1. The Hall–Kier alpha value is -3.51. The molecule has 0 atom stereocenters. The van der Waals surface area contributed by atoms with Crippen molar-refractivity contribution in [3.05, 3.63) is 69.2 Å². The number of amides is 2. The van der Waals surface area contributed by atoms with E-state index in [-0.39, 0.29) is 34.5 Å². The third-order valence-electron chi connectivity index (χ3n) is 4.32. The molecule has 2 amide bonds. The van der Waals surface area contributed by atoms with Crippen LogP contribution in [-0.4, -0.2) is 37.3 Å². The summed E-state index contributed by atoms with van der Waals surface area (Å²) >= 11 is 7.10. The summed E-state index contributed by atoms with van der Waals surface area (Å²) in [6, 6.07) is 9.13. The van der Waals surface area contributed by atoms with Crippen LogP contribution in [0.25, 0.3) is 0 Å². The van der Waals surface area contributed by atoms with E-state index in [0.717, 1.165) is 11.8 Å². The van der Waals surface area contributed by atoms with Gasteiger partial charge in [0.25, 0.3) is 5.69 Å². The minimum Gasteiger partial charge on any atom is -0.326 e. The van der Waals surface area contributed by atoms with Crippen molar-refractivity contribution in [2.24, 2.45) is 0 Å². The molecule has 0 spiro atoms. The quantitative estimate of drug-likeness (QED) is 0.263. The molecule has 0 aliphatic rings. The zero-order valence-electron chi connectivity index (χ0n) is 17.2. The lowest BCUT2D eigenvalue weighted by molar-refractivity contribution is -0.384. The van der Waals surface area contributed by atoms with E-state index in [1.807, 2.05) is 6.92 Å². The first-order valence-corrected chi connectivity index (χ1v) is 11.0. The van der Waals surface area contributed by atoms with Gasteiger partial charge in [0.15, 0.2) is 5.16 Å². The van der Waals surface area contributed by atoms with Crippen molar-refractivity contribution in [1.29, 1.82) is 0 Å². The van der Waals surface area contributed by atoms with Gasteiger partial charge in [0.1, 0.15) is 11.6 Å². The largest absolute Gasteiger partial charge is 0.326 e. The number of aromatic nitrogens is 3. The molecule has 0 saturated carbocycles. The Balaban J connectivity index is 1.60. The van der Waals surface area contributed by atoms with E-state index in [1.54, 1.807) is 4.57 Å². The van der Waals surface area contributed by atoms with Crippen molar-refractivity contribution in [2.75, 3.05) is 16.4 Å². The summed E-state index contributed by atoms with van der Waals surface area (Å²) in [6.45, 7) is 2.31. The topological polar surface area (TPSA) is 132 Å². The van der Waals surface area contributed by atoms with Crippen LogP contribution in [0.2, 0.25) is 5.02 Å². The van der Waals surface area contributed by atoms with E-state index in [4.69, 9.17) is 11.6 Å². The summed E-state index contributed by atoms with van der Waals surface area (Å²) in [7, 11) is 0. The number of carbonyl (C=O) groups excluding carboxylic acids is 2. The number of rotatable bonds is 9. The van der Waals surface area contributed by atoms with Crippen LogP contribution in [0.5, 0.6) is 0 Å². The first kappa shape index (κ1) is 24.1. The standard InChI is InChI=1S/C20H18ClFN6O4S/c1-2-27-17(10-18(29)23-13-5-3-12(22)4-6-13)25-26-20(27)33-11-19(30)24-16-9-14(28(31)32)7-8-15(16)21/h3-9H,2,10-11H2,1H3,(H,23,29)(H,24,30). The van der Waals surface area contributed by atoms with E-state index in [0.29, 0.717) is 23.2 Å². The van der Waals surface area contributed by atoms with Gasteiger partial charge in [-0.3, -0.25) is 19.7 Å². The second-order valence-corrected chi connectivity index (χ2v) is 7.98. The number of thioether (sulfide) groups is 1. The molecule has 0 aliphatic carbocycles. The molecule has 13 heteroatoms. The fraction of sp³-hybridized carbons (Fsp3) is 0.200. The predicted molar refractivity (Wildman–Crippen MR) is 122 cm³/mol. The van der Waals surface area contributed by atoms with Gasteiger partial charge in [-0.1, -0.05) is 23.4 Å². The number of halogens is 2. The lowest BCUT2D eigenvalue weighted by Crippen LogP contribution is -2.18. The number of carbonyl (C=O) groups is 2. The summed E-state index contributed by atoms with van der Waals surface area (Å²) < 4.78 is 14.7. The molecule has 0 aliphatic heterocycles. The summed E-state index contributed by atoms with van der Waals surface area (Å²) in [4.78, 5) is 35.0. The number of nitrogens with one attached hydrogen (secondary N) is 2. The van der Waals surface area contributed by atoms with Crippen molar-refractivity contribution >= 4 is 52.2 Å². The molecule has 3 rings (SSSR count). The average molecular weight is 493 g/mol. The highest BCUT2D eigenvalue weighted by molar-refractivity contribution is 7.99. The Morgan fingerprint density at radius 1 is 1.15 bits per heavy atom. The van der Waals surface area contributed by atoms with Gasteiger partial charge >= 0.3 is 0 Å². The van der Waals surface area contributed by atoms with Crippen molar-refractivity contribution < 1.29 is 18.9 Å². The van der Waals surface area contributed by atoms with E-state index in [1.165, 1.54) is 42.5 Å². The Morgan fingerprint density at radius 3 is 2.55 bits per heavy atom. The summed E-state index contributed by atoms with van der Waals surface area (Å²) in [5.41, 5.74) is 0.387. The minimum atomic E-state index is -0.585. The molecule has 0 saturated heterocycles. The van der Waals surface area contributed by atoms with Gasteiger partial charge in [-0.2, -0.15) is 0 Å². The molecule has 1 aromatic heterocycles. The molecular formula is C20H18ClFN6O4S. The minimum absolute atomic E-state index is 0.0566. The molecule has 33 heavy (non-hydrogen) atoms. The molecule has 2 N–H and O–H groups in total. The van der Waals surface area contributed by atoms with E-state index < -0.39 is 16.6 Å². The number of nitrogens with zero attached hydrogens (tertiary/aromatic N) is 4. The van der Waals surface area contributed by atoms with Gasteiger partial charge in [0.05, 0.1) is 27.8 Å². The lowest BCUT2D eigenvalue weighted by Gasteiger charge is -2.09. The molecule has 10 nitrogen and oxygen atoms in total. The molecule has 3 aromatic rings. The van der Waals surface area contributed by atoms with Crippen molar-refractivity contribution in [3.63, 3.8) is 0 Å². The van der Waals surface area contributed by atoms with E-state index in [9.17, 15) is 24.1 Å². The molecular weight excluding hydrogens is 475 g/mol. The number of nitro benzene ring substituents is 1. The van der Waals surface area contributed by atoms with Crippen molar-refractivity contribution in [1.82, 2.24) is 14.8 Å². The highest BCUT2D eigenvalue weighted by Gasteiger charge is 2.17. The molecule has 2 aromatic carbocycles. The Kier molecular flexibility index (Phi) is 7.96. The second-order valence-electron chi connectivity index (χ2n) is 6.63. The van der Waals surface area contributed by atoms with Crippen LogP contribution in [0, 0.1) is 15.9 Å². The van der Waals surface area contributed by atoms with Crippen LogP contribution in [-0.2, 0) is 22.6 Å². The summed E-state index contributed by atoms with van der Waals surface area (Å²) in [5, 5.41) is 24.8. The maximum Gasteiger partial charge on any atom is 0.271 e. The fourth-order valence-electron chi connectivity index (χ4n) is 2.80. The van der Waals surface area contributed by atoms with Crippen LogP contribution in [0.4, 0.5) is 21.5 Å². The number of nitro groups is 1. The smallest absolute Gasteiger partial charge is 0.271 e. The van der Waals surface area contributed by atoms with E-state index in [2.05, 4.69) is 20.8 Å². The normalized spacial score (nSPS) is 10.6. The van der Waals surface area contributed by atoms with Crippen LogP contribution < -0.4 is 10.6 Å². The first-order valence-electron chi connectivity index (χ1n) is 9.61. The van der Waals surface area contributed by atoms with Crippen LogP contribution >= 0.6 is 23.4 Å². The molecule has 0 unspecified atom stereocenters. The number of hydrogen-bond donors (Lipinski definition) is 2. The zero-order valence-corrected chi connectivity index (χ0v) is 18.8. The predicted octanol–water partition coefficient (Wildman–Crippen LogP) is 3.91. The highest BCUT2D eigenvalue weighted by Crippen LogP contribution is 2.27. The highest BCUT2D eigenvalue weighted by atomic mass is 35.5. The second kappa shape index (κ2) is 10.9. The zero-order chi connectivity index (χ0) is 24.0. The van der Waals surface area contributed by atoms with Crippen LogP contribution in [0.1, 0.15) is 12.7 Å². The monoisotopic (exact) mass is 492 g/mol. The van der Waals surface area contributed by atoms with Gasteiger partial charge in [-0.15, -0.1) is 10.2 Å². The summed E-state index contributed by atoms with van der Waals surface area (Å²) in [5.74, 6) is -0.847. The maximum atomic E-state index is 13.0. The molecule has 1 heterocycles. The number of anilines is 2. The van der Waals surface area contributed by atoms with Gasteiger partial charge in [0.2, 0.25) is 11.8 Å². The maximum absolute atomic E-state index is 13.0. The van der Waals surface area contributed by atoms with E-state index >= 15 is 0 Å². The average Bonchev–Trinajstić information content (AvgIpc) is 3.16. The Bertz CT molecular complexity index is 1190. The lowest BCUT2D eigenvalue weighted by atomic mass is 10.3. The van der Waals surface area contributed by atoms with Crippen molar-refractivity contribution in [3.8, 4) is 0 Å². The van der Waals surface area contributed by atoms with Crippen LogP contribution in [0.3, 0.4) is 0 Å². The first-order chi connectivity index (χ1) is 15.8. The molecule has 0 radical (unpaired) electrons. The number of hydrogen-bond acceptors (Lipinski definition) is 7. The summed E-state index contributed by atoms with van der Waals surface area (Å²) in [6.07, 6.45) is -0.0612. The number of benzene rings is 2. The Labute approximate surface area is 196 Å². The SMILES string of the molecule is CCn1c(CC(=O)Nc2ccc(F)cc2)nnc1SCC(=O)Nc1cc([N+](=O)[O-])ccc1Cl. The van der Waals surface area contributed by atoms with Gasteiger partial charge in [0, 0.05) is 24.4 Å². The third-order valence-corrected chi connectivity index (χ3v) is 5.62. The third kappa shape index (κ3) is 6.49. The molecule has 0 fully saturated rings. The van der Waals surface area contributed by atoms with Gasteiger partial charge < -0.3 is 15.2 Å². The van der Waals surface area contributed by atoms with Crippen molar-refractivity contribution in [2.45, 2.75) is 25.0 Å².